The largest absolute Gasteiger partial charge is 0.455 e. The summed E-state index contributed by atoms with van der Waals surface area (Å²) < 4.78 is 6.77. The Morgan fingerprint density at radius 3 is 2.18 bits per heavy atom. The average Bonchev–Trinajstić information content (AvgIpc) is 3.74. The Morgan fingerprint density at radius 1 is 0.589 bits per heavy atom. The molecule has 8 aromatic carbocycles. The first-order valence-corrected chi connectivity index (χ1v) is 19.8. The molecule has 9 aromatic rings. The van der Waals surface area contributed by atoms with Crippen molar-refractivity contribution in [1.29, 1.82) is 0 Å². The van der Waals surface area contributed by atoms with Crippen LogP contribution < -0.4 is 4.90 Å². The molecule has 0 N–H and O–H groups in total. The van der Waals surface area contributed by atoms with Gasteiger partial charge in [0.05, 0.1) is 0 Å². The number of nitrogens with zero attached hydrogens (tertiary/aromatic N) is 1. The third-order valence-corrected chi connectivity index (χ3v) is 11.9. The second-order valence-corrected chi connectivity index (χ2v) is 15.5. The maximum absolute atomic E-state index is 6.77. The topological polar surface area (TPSA) is 16.4 Å². The van der Waals surface area contributed by atoms with Crippen LogP contribution in [0.3, 0.4) is 0 Å². The normalized spacial score (nSPS) is 13.8. The van der Waals surface area contributed by atoms with Crippen LogP contribution in [0.2, 0.25) is 0 Å². The van der Waals surface area contributed by atoms with Crippen LogP contribution in [0.25, 0.3) is 65.8 Å². The van der Waals surface area contributed by atoms with Gasteiger partial charge in [0.1, 0.15) is 11.2 Å². The average molecular weight is 722 g/mol. The molecule has 0 spiro atoms. The molecule has 0 unspecified atom stereocenters. The number of anilines is 2. The maximum Gasteiger partial charge on any atom is 0.142 e. The summed E-state index contributed by atoms with van der Waals surface area (Å²) in [5, 5.41) is 7.25. The number of hydrogen-bond donors (Lipinski definition) is 0. The third kappa shape index (κ3) is 5.56. The summed E-state index contributed by atoms with van der Waals surface area (Å²) in [6.07, 6.45) is 5.67. The van der Waals surface area contributed by atoms with Crippen LogP contribution in [0, 0.1) is 0 Å². The molecule has 56 heavy (non-hydrogen) atoms. The zero-order valence-electron chi connectivity index (χ0n) is 32.1. The number of allylic oxidation sites excluding steroid dienone is 3. The number of benzene rings is 8. The molecule has 1 aromatic heterocycles. The van der Waals surface area contributed by atoms with Gasteiger partial charge in [0.15, 0.2) is 0 Å². The van der Waals surface area contributed by atoms with E-state index in [9.17, 15) is 0 Å². The molecular weight excluding hydrogens is 679 g/mol. The highest BCUT2D eigenvalue weighted by Gasteiger charge is 2.36. The Morgan fingerprint density at radius 2 is 1.30 bits per heavy atom. The Bertz CT molecular complexity index is 3010. The quantitative estimate of drug-likeness (QED) is 0.115. The number of rotatable bonds is 8. The first kappa shape index (κ1) is 33.9. The fourth-order valence-electron chi connectivity index (χ4n) is 9.11. The monoisotopic (exact) mass is 721 g/mol. The van der Waals surface area contributed by atoms with Gasteiger partial charge >= 0.3 is 0 Å². The van der Waals surface area contributed by atoms with Gasteiger partial charge in [-0.1, -0.05) is 172 Å². The Labute approximate surface area is 328 Å². The number of hydrogen-bond acceptors (Lipinski definition) is 2. The first-order chi connectivity index (χ1) is 27.5. The molecular formula is C54H43NO. The van der Waals surface area contributed by atoms with Crippen molar-refractivity contribution < 1.29 is 4.42 Å². The highest BCUT2D eigenvalue weighted by Crippen LogP contribution is 2.50. The van der Waals surface area contributed by atoms with Crippen LogP contribution >= 0.6 is 0 Å². The fraction of sp³-hybridized carbons (Fsp3) is 0.111. The Hall–Kier alpha value is -6.64. The molecule has 2 heteroatoms. The minimum Gasteiger partial charge on any atom is -0.455 e. The Kier molecular flexibility index (Phi) is 8.22. The van der Waals surface area contributed by atoms with Crippen molar-refractivity contribution in [3.8, 4) is 11.1 Å². The molecule has 0 aliphatic heterocycles. The van der Waals surface area contributed by atoms with Crippen LogP contribution in [0.15, 0.2) is 186 Å². The number of furan rings is 1. The molecule has 270 valence electrons. The summed E-state index contributed by atoms with van der Waals surface area (Å²) in [6.45, 7) is 7.56. The molecule has 0 atom stereocenters. The van der Waals surface area contributed by atoms with E-state index in [-0.39, 0.29) is 5.41 Å². The van der Waals surface area contributed by atoms with Gasteiger partial charge in [0, 0.05) is 45.1 Å². The molecule has 0 fully saturated rings. The van der Waals surface area contributed by atoms with Crippen molar-refractivity contribution >= 4 is 66.0 Å². The summed E-state index contributed by atoms with van der Waals surface area (Å²) in [4.78, 5) is 2.54. The third-order valence-electron chi connectivity index (χ3n) is 11.9. The molecule has 1 aliphatic carbocycles. The summed E-state index contributed by atoms with van der Waals surface area (Å²) in [5.74, 6) is 0. The summed E-state index contributed by atoms with van der Waals surface area (Å²) >= 11 is 0. The van der Waals surface area contributed by atoms with Gasteiger partial charge in [-0.05, 0) is 91.9 Å². The van der Waals surface area contributed by atoms with Crippen LogP contribution in [-0.4, -0.2) is 6.54 Å². The standard InChI is InChI=1S/C54H43NO/c1-4-16-38(36-17-6-5-7-18-36)33-39(42-23-14-25-48-47-22-11-13-28-52(47)56-53(42)48)35-55(51-27-15-24-43-41-20-9-8-19-37(41)29-31-46(43)51)40-30-32-45-44-21-10-12-26-49(44)54(2,3)50(45)34-40/h5-34H,4,35H2,1-3H3/b38-16+,39-33+. The van der Waals surface area contributed by atoms with E-state index in [1.807, 2.05) is 0 Å². The minimum atomic E-state index is -0.133. The summed E-state index contributed by atoms with van der Waals surface area (Å²) in [7, 11) is 0. The number of fused-ring (bicyclic) bond motifs is 9. The van der Waals surface area contributed by atoms with Crippen LogP contribution in [0.4, 0.5) is 11.4 Å². The molecule has 10 rings (SSSR count). The Balaban J connectivity index is 1.24. The lowest BCUT2D eigenvalue weighted by molar-refractivity contribution is 0.660. The maximum atomic E-state index is 6.77. The zero-order chi connectivity index (χ0) is 37.8. The molecule has 0 amide bonds. The van der Waals surface area contributed by atoms with Gasteiger partial charge in [-0.25, -0.2) is 0 Å². The van der Waals surface area contributed by atoms with Crippen LogP contribution in [0.1, 0.15) is 49.4 Å². The lowest BCUT2D eigenvalue weighted by atomic mass is 9.82. The second-order valence-electron chi connectivity index (χ2n) is 15.5. The molecule has 0 saturated heterocycles. The smallest absolute Gasteiger partial charge is 0.142 e. The van der Waals surface area contributed by atoms with E-state index in [1.54, 1.807) is 0 Å². The molecule has 1 aliphatic rings. The van der Waals surface area contributed by atoms with Crippen molar-refractivity contribution in [2.24, 2.45) is 0 Å². The van der Waals surface area contributed by atoms with E-state index >= 15 is 0 Å². The van der Waals surface area contributed by atoms with Crippen molar-refractivity contribution in [3.63, 3.8) is 0 Å². The lowest BCUT2D eigenvalue weighted by Crippen LogP contribution is -2.22. The van der Waals surface area contributed by atoms with E-state index < -0.39 is 0 Å². The first-order valence-electron chi connectivity index (χ1n) is 19.8. The van der Waals surface area contributed by atoms with E-state index in [0.29, 0.717) is 6.54 Å². The van der Waals surface area contributed by atoms with Gasteiger partial charge in [0.25, 0.3) is 0 Å². The van der Waals surface area contributed by atoms with Crippen LogP contribution in [-0.2, 0) is 5.41 Å². The van der Waals surface area contributed by atoms with E-state index in [2.05, 4.69) is 208 Å². The highest BCUT2D eigenvalue weighted by molar-refractivity contribution is 6.13. The van der Waals surface area contributed by atoms with Gasteiger partial charge < -0.3 is 9.32 Å². The molecule has 0 bridgehead atoms. The summed E-state index contributed by atoms with van der Waals surface area (Å²) in [6, 6.07) is 61.9. The van der Waals surface area contributed by atoms with E-state index in [4.69, 9.17) is 4.42 Å². The molecule has 1 heterocycles. The van der Waals surface area contributed by atoms with Crippen molar-refractivity contribution in [2.45, 2.75) is 32.6 Å². The van der Waals surface area contributed by atoms with Crippen molar-refractivity contribution in [3.05, 3.63) is 204 Å². The predicted molar refractivity (Wildman–Crippen MR) is 239 cm³/mol. The molecule has 0 radical (unpaired) electrons. The van der Waals surface area contributed by atoms with Gasteiger partial charge in [-0.3, -0.25) is 0 Å². The second kappa shape index (κ2) is 13.6. The lowest BCUT2D eigenvalue weighted by Gasteiger charge is -2.30. The fourth-order valence-corrected chi connectivity index (χ4v) is 9.11. The predicted octanol–water partition coefficient (Wildman–Crippen LogP) is 14.9. The minimum absolute atomic E-state index is 0.133. The zero-order valence-corrected chi connectivity index (χ0v) is 32.1. The van der Waals surface area contributed by atoms with E-state index in [1.165, 1.54) is 66.2 Å². The van der Waals surface area contributed by atoms with Gasteiger partial charge in [-0.2, -0.15) is 0 Å². The van der Waals surface area contributed by atoms with Crippen molar-refractivity contribution in [2.75, 3.05) is 11.4 Å². The number of para-hydroxylation sites is 2. The van der Waals surface area contributed by atoms with Gasteiger partial charge in [0.2, 0.25) is 0 Å². The highest BCUT2D eigenvalue weighted by atomic mass is 16.3. The van der Waals surface area contributed by atoms with E-state index in [0.717, 1.165) is 39.6 Å². The SMILES string of the molecule is CC/C=C(\C=C(/CN(c1ccc2c(c1)C(C)(C)c1ccccc1-2)c1cccc2c1ccc1ccccc12)c1cccc2c1oc1ccccc12)c1ccccc1. The van der Waals surface area contributed by atoms with Crippen LogP contribution in [0.5, 0.6) is 0 Å². The van der Waals surface area contributed by atoms with Gasteiger partial charge in [-0.15, -0.1) is 0 Å². The molecule has 0 saturated carbocycles. The molecule has 2 nitrogen and oxygen atoms in total. The summed E-state index contributed by atoms with van der Waals surface area (Å²) in [5.41, 5.74) is 14.1. The van der Waals surface area contributed by atoms with Crippen molar-refractivity contribution in [1.82, 2.24) is 0 Å².